The molecule has 4 heteroatoms. The van der Waals surface area contributed by atoms with Crippen molar-refractivity contribution in [1.82, 2.24) is 0 Å². The third-order valence-corrected chi connectivity index (χ3v) is 4.76. The van der Waals surface area contributed by atoms with Gasteiger partial charge in [-0.25, -0.2) is 0 Å². The molecule has 1 heterocycles. The lowest BCUT2D eigenvalue weighted by molar-refractivity contribution is -0.425. The fraction of sp³-hybridized carbons (Fsp3) is 0.529. The normalized spacial score (nSPS) is 21.7. The molecule has 0 radical (unpaired) electrons. The van der Waals surface area contributed by atoms with Gasteiger partial charge < -0.3 is 4.74 Å². The molecule has 0 saturated heterocycles. The Morgan fingerprint density at radius 2 is 1.76 bits per heavy atom. The maximum atomic E-state index is 10.9. The Bertz CT molecular complexity index is 646. The molecule has 1 atom stereocenters. The molecule has 1 aromatic carbocycles. The van der Waals surface area contributed by atoms with Gasteiger partial charge >= 0.3 is 0 Å². The molecule has 1 aromatic rings. The number of nitrogens with zero attached hydrogens (tertiary/aromatic N) is 1. The zero-order valence-corrected chi connectivity index (χ0v) is 13.7. The molecule has 114 valence electrons. The zero-order chi connectivity index (χ0) is 15.9. The number of ether oxygens (including phenoxy) is 1. The molecule has 0 saturated carbocycles. The van der Waals surface area contributed by atoms with Crippen LogP contribution in [-0.4, -0.2) is 10.5 Å². The minimum Gasteiger partial charge on any atom is -0.483 e. The molecule has 1 aliphatic heterocycles. The summed E-state index contributed by atoms with van der Waals surface area (Å²) in [4.78, 5) is 10.5. The van der Waals surface area contributed by atoms with Gasteiger partial charge in [-0.1, -0.05) is 0 Å². The lowest BCUT2D eigenvalue weighted by Crippen LogP contribution is -2.36. The van der Waals surface area contributed by atoms with Crippen LogP contribution < -0.4 is 4.74 Å². The molecule has 0 bridgehead atoms. The van der Waals surface area contributed by atoms with Gasteiger partial charge in [-0.2, -0.15) is 0 Å². The highest BCUT2D eigenvalue weighted by molar-refractivity contribution is 5.55. The van der Waals surface area contributed by atoms with Crippen molar-refractivity contribution in [3.63, 3.8) is 0 Å². The quantitative estimate of drug-likeness (QED) is 0.606. The summed E-state index contributed by atoms with van der Waals surface area (Å²) in [5, 5.41) is 10.9. The molecule has 4 nitrogen and oxygen atoms in total. The number of fused-ring (bicyclic) bond motifs is 1. The second-order valence-corrected chi connectivity index (χ2v) is 6.27. The monoisotopic (exact) mass is 289 g/mol. The summed E-state index contributed by atoms with van der Waals surface area (Å²) in [5.74, 6) is 0.914. The van der Waals surface area contributed by atoms with Crippen molar-refractivity contribution in [2.45, 2.75) is 60.0 Å². The maximum absolute atomic E-state index is 10.9. The zero-order valence-electron chi connectivity index (χ0n) is 13.7. The molecule has 0 aliphatic carbocycles. The van der Waals surface area contributed by atoms with E-state index in [0.717, 1.165) is 24.2 Å². The molecule has 0 spiro atoms. The predicted molar refractivity (Wildman–Crippen MR) is 83.5 cm³/mol. The van der Waals surface area contributed by atoms with Crippen LogP contribution in [0.15, 0.2) is 11.8 Å². The topological polar surface area (TPSA) is 52.4 Å². The van der Waals surface area contributed by atoms with Crippen LogP contribution in [-0.2, 0) is 6.42 Å². The van der Waals surface area contributed by atoms with Crippen molar-refractivity contribution >= 4 is 0 Å². The third kappa shape index (κ3) is 2.67. The van der Waals surface area contributed by atoms with Crippen LogP contribution in [0, 0.1) is 37.8 Å². The Balaban J connectivity index is 2.50. The predicted octanol–water partition coefficient (Wildman–Crippen LogP) is 4.18. The molecule has 1 unspecified atom stereocenters. The van der Waals surface area contributed by atoms with E-state index < -0.39 is 5.60 Å². The third-order valence-electron chi connectivity index (χ3n) is 4.76. The fourth-order valence-corrected chi connectivity index (χ4v) is 3.05. The number of rotatable bonds is 2. The van der Waals surface area contributed by atoms with E-state index in [4.69, 9.17) is 4.74 Å². The summed E-state index contributed by atoms with van der Waals surface area (Å²) < 4.78 is 6.21. The van der Waals surface area contributed by atoms with Crippen molar-refractivity contribution in [3.8, 4) is 5.75 Å². The average molecular weight is 289 g/mol. The Labute approximate surface area is 126 Å². The minimum absolute atomic E-state index is 0.138. The maximum Gasteiger partial charge on any atom is 0.243 e. The minimum atomic E-state index is -0.608. The molecule has 21 heavy (non-hydrogen) atoms. The van der Waals surface area contributed by atoms with Crippen LogP contribution in [0.1, 0.15) is 48.1 Å². The van der Waals surface area contributed by atoms with Crippen molar-refractivity contribution < 1.29 is 9.66 Å². The number of allylic oxidation sites excluding steroid dienone is 1. The molecule has 0 amide bonds. The molecule has 2 rings (SSSR count). The van der Waals surface area contributed by atoms with Gasteiger partial charge in [0, 0.05) is 13.0 Å². The Kier molecular flexibility index (Phi) is 3.83. The lowest BCUT2D eigenvalue weighted by atomic mass is 9.85. The van der Waals surface area contributed by atoms with Crippen LogP contribution in [0.2, 0.25) is 0 Å². The largest absolute Gasteiger partial charge is 0.483 e. The highest BCUT2D eigenvalue weighted by Gasteiger charge is 2.34. The highest BCUT2D eigenvalue weighted by Crippen LogP contribution is 2.41. The number of benzene rings is 1. The van der Waals surface area contributed by atoms with E-state index >= 15 is 0 Å². The van der Waals surface area contributed by atoms with Crippen molar-refractivity contribution in [3.05, 3.63) is 49.7 Å². The van der Waals surface area contributed by atoms with Crippen LogP contribution in [0.4, 0.5) is 0 Å². The first-order valence-corrected chi connectivity index (χ1v) is 7.28. The van der Waals surface area contributed by atoms with Gasteiger partial charge in [0.1, 0.15) is 11.4 Å². The molecule has 1 aliphatic rings. The Hall–Kier alpha value is -1.84. The molecular weight excluding hydrogens is 266 g/mol. The van der Waals surface area contributed by atoms with Crippen LogP contribution in [0.3, 0.4) is 0 Å². The summed E-state index contributed by atoms with van der Waals surface area (Å²) >= 11 is 0. The van der Waals surface area contributed by atoms with Gasteiger partial charge in [-0.05, 0) is 75.3 Å². The number of nitro groups is 1. The van der Waals surface area contributed by atoms with E-state index in [9.17, 15) is 10.1 Å². The van der Waals surface area contributed by atoms with Crippen molar-refractivity contribution in [1.29, 1.82) is 0 Å². The van der Waals surface area contributed by atoms with Gasteiger partial charge in [0.05, 0.1) is 4.92 Å². The van der Waals surface area contributed by atoms with E-state index in [-0.39, 0.29) is 10.6 Å². The number of hydrogen-bond donors (Lipinski definition) is 0. The van der Waals surface area contributed by atoms with Crippen LogP contribution in [0.5, 0.6) is 5.75 Å². The first kappa shape index (κ1) is 15.5. The lowest BCUT2D eigenvalue weighted by Gasteiger charge is -2.36. The molecule has 0 N–H and O–H groups in total. The SMILES string of the molecule is C/C(=C/C1(C)CCc2c(C)c(C)c(C)c(C)c2O1)[N+](=O)[O-]. The summed E-state index contributed by atoms with van der Waals surface area (Å²) in [6.45, 7) is 11.9. The van der Waals surface area contributed by atoms with Gasteiger partial charge in [0.2, 0.25) is 5.70 Å². The average Bonchev–Trinajstić information content (AvgIpc) is 2.42. The van der Waals surface area contributed by atoms with Gasteiger partial charge in [0.25, 0.3) is 0 Å². The van der Waals surface area contributed by atoms with E-state index in [1.165, 1.54) is 29.2 Å². The standard InChI is InChI=1S/C17H23NO3/c1-10(18(19)20)9-17(6)8-7-15-13(4)11(2)12(3)14(5)16(15)21-17/h9H,7-8H2,1-6H3/b10-9-. The first-order chi connectivity index (χ1) is 9.66. The Morgan fingerprint density at radius 3 is 2.33 bits per heavy atom. The fourth-order valence-electron chi connectivity index (χ4n) is 3.05. The van der Waals surface area contributed by atoms with E-state index in [0.29, 0.717) is 0 Å². The van der Waals surface area contributed by atoms with E-state index in [2.05, 4.69) is 27.7 Å². The second-order valence-electron chi connectivity index (χ2n) is 6.27. The molecule has 0 aromatic heterocycles. The first-order valence-electron chi connectivity index (χ1n) is 7.28. The summed E-state index contributed by atoms with van der Waals surface area (Å²) in [6.07, 6.45) is 3.29. The van der Waals surface area contributed by atoms with E-state index in [1.54, 1.807) is 6.08 Å². The molecular formula is C17H23NO3. The molecule has 0 fully saturated rings. The van der Waals surface area contributed by atoms with Crippen molar-refractivity contribution in [2.75, 3.05) is 0 Å². The van der Waals surface area contributed by atoms with Crippen LogP contribution in [0.25, 0.3) is 0 Å². The number of hydrogen-bond acceptors (Lipinski definition) is 3. The Morgan fingerprint density at radius 1 is 1.19 bits per heavy atom. The van der Waals surface area contributed by atoms with Crippen molar-refractivity contribution in [2.24, 2.45) is 0 Å². The summed E-state index contributed by atoms with van der Waals surface area (Å²) in [5.41, 5.74) is 5.76. The van der Waals surface area contributed by atoms with Crippen LogP contribution >= 0.6 is 0 Å². The van der Waals surface area contributed by atoms with Gasteiger partial charge in [0.15, 0.2) is 0 Å². The summed E-state index contributed by atoms with van der Waals surface area (Å²) in [6, 6.07) is 0. The van der Waals surface area contributed by atoms with E-state index in [1.807, 2.05) is 6.92 Å². The smallest absolute Gasteiger partial charge is 0.243 e. The van der Waals surface area contributed by atoms with Gasteiger partial charge in [-0.3, -0.25) is 10.1 Å². The summed E-state index contributed by atoms with van der Waals surface area (Å²) in [7, 11) is 0. The highest BCUT2D eigenvalue weighted by atomic mass is 16.6. The van der Waals surface area contributed by atoms with Gasteiger partial charge in [-0.15, -0.1) is 0 Å². The second kappa shape index (κ2) is 5.17.